The number of thioether (sulfide) groups is 1. The molecule has 0 unspecified atom stereocenters. The first-order valence-electron chi connectivity index (χ1n) is 10.1. The second-order valence-corrected chi connectivity index (χ2v) is 8.62. The predicted molar refractivity (Wildman–Crippen MR) is 121 cm³/mol. The minimum atomic E-state index is -0.595. The Kier molecular flexibility index (Phi) is 9.66. The number of amides is 2. The van der Waals surface area contributed by atoms with E-state index >= 15 is 0 Å². The third-order valence-electron chi connectivity index (χ3n) is 4.83. The highest BCUT2D eigenvalue weighted by atomic mass is 35.5. The SMILES string of the molecule is CC[C@H](C(=O)N[C@@H](C)CC)N(Cc1ccc(F)cc1)C(=O)CSc1ccc(Cl)cc1. The number of nitrogens with zero attached hydrogens (tertiary/aromatic N) is 1. The van der Waals surface area contributed by atoms with Gasteiger partial charge in [-0.1, -0.05) is 37.6 Å². The fourth-order valence-corrected chi connectivity index (χ4v) is 3.82. The van der Waals surface area contributed by atoms with E-state index in [9.17, 15) is 14.0 Å². The van der Waals surface area contributed by atoms with E-state index in [0.29, 0.717) is 11.4 Å². The zero-order valence-corrected chi connectivity index (χ0v) is 19.1. The predicted octanol–water partition coefficient (Wildman–Crippen LogP) is 5.29. The molecule has 2 aromatic carbocycles. The second-order valence-electron chi connectivity index (χ2n) is 7.13. The summed E-state index contributed by atoms with van der Waals surface area (Å²) in [5, 5.41) is 3.61. The Bertz CT molecular complexity index is 830. The maximum atomic E-state index is 13.3. The molecule has 0 saturated heterocycles. The number of nitrogens with one attached hydrogen (secondary N) is 1. The standard InChI is InChI=1S/C23H28ClFN2O2S/c1-4-16(3)26-23(29)21(5-2)27(14-17-6-10-19(25)11-7-17)22(28)15-30-20-12-8-18(24)9-13-20/h6-13,16,21H,4-5,14-15H2,1-3H3,(H,26,29)/t16-,21+/m0/s1. The van der Waals surface area contributed by atoms with Gasteiger partial charge in [0.25, 0.3) is 0 Å². The summed E-state index contributed by atoms with van der Waals surface area (Å²) < 4.78 is 13.3. The molecular formula is C23H28ClFN2O2S. The van der Waals surface area contributed by atoms with E-state index in [-0.39, 0.29) is 36.0 Å². The first kappa shape index (κ1) is 24.2. The molecule has 2 amide bonds. The van der Waals surface area contributed by atoms with Crippen LogP contribution in [-0.2, 0) is 16.1 Å². The Morgan fingerprint density at radius 2 is 1.70 bits per heavy atom. The highest BCUT2D eigenvalue weighted by Crippen LogP contribution is 2.22. The van der Waals surface area contributed by atoms with Crippen molar-refractivity contribution >= 4 is 35.2 Å². The maximum Gasteiger partial charge on any atom is 0.243 e. The second kappa shape index (κ2) is 12.0. The normalized spacial score (nSPS) is 12.8. The molecular weight excluding hydrogens is 423 g/mol. The molecule has 0 spiro atoms. The minimum Gasteiger partial charge on any atom is -0.352 e. The summed E-state index contributed by atoms with van der Waals surface area (Å²) in [7, 11) is 0. The Labute approximate surface area is 187 Å². The molecule has 1 N–H and O–H groups in total. The molecule has 162 valence electrons. The molecule has 2 aromatic rings. The molecule has 0 heterocycles. The van der Waals surface area contributed by atoms with Gasteiger partial charge in [0.2, 0.25) is 11.8 Å². The Morgan fingerprint density at radius 1 is 1.07 bits per heavy atom. The van der Waals surface area contributed by atoms with Gasteiger partial charge in [-0.25, -0.2) is 4.39 Å². The minimum absolute atomic E-state index is 0.0257. The van der Waals surface area contributed by atoms with Crippen LogP contribution in [0, 0.1) is 5.82 Å². The topological polar surface area (TPSA) is 49.4 Å². The van der Waals surface area contributed by atoms with Crippen LogP contribution in [0.4, 0.5) is 4.39 Å². The van der Waals surface area contributed by atoms with Gasteiger partial charge < -0.3 is 10.2 Å². The Hall–Kier alpha value is -2.05. The van der Waals surface area contributed by atoms with Crippen molar-refractivity contribution in [2.75, 3.05) is 5.75 Å². The van der Waals surface area contributed by atoms with Crippen LogP contribution in [0.3, 0.4) is 0 Å². The van der Waals surface area contributed by atoms with Crippen LogP contribution in [0.2, 0.25) is 5.02 Å². The molecule has 7 heteroatoms. The quantitative estimate of drug-likeness (QED) is 0.500. The first-order chi connectivity index (χ1) is 14.3. The third kappa shape index (κ3) is 7.33. The zero-order valence-electron chi connectivity index (χ0n) is 17.5. The summed E-state index contributed by atoms with van der Waals surface area (Å²) >= 11 is 7.31. The van der Waals surface area contributed by atoms with E-state index in [2.05, 4.69) is 5.32 Å². The fraction of sp³-hybridized carbons (Fsp3) is 0.391. The summed E-state index contributed by atoms with van der Waals surface area (Å²) in [5.74, 6) is -0.462. The van der Waals surface area contributed by atoms with Crippen LogP contribution in [0.15, 0.2) is 53.4 Å². The van der Waals surface area contributed by atoms with Crippen molar-refractivity contribution in [2.24, 2.45) is 0 Å². The van der Waals surface area contributed by atoms with Crippen molar-refractivity contribution in [3.63, 3.8) is 0 Å². The van der Waals surface area contributed by atoms with Gasteiger partial charge in [-0.05, 0) is 61.7 Å². The van der Waals surface area contributed by atoms with Gasteiger partial charge in [0.1, 0.15) is 11.9 Å². The largest absolute Gasteiger partial charge is 0.352 e. The lowest BCUT2D eigenvalue weighted by atomic mass is 10.1. The van der Waals surface area contributed by atoms with Gasteiger partial charge in [0.15, 0.2) is 0 Å². The first-order valence-corrected chi connectivity index (χ1v) is 11.4. The van der Waals surface area contributed by atoms with Crippen LogP contribution in [0.5, 0.6) is 0 Å². The fourth-order valence-electron chi connectivity index (χ4n) is 2.91. The van der Waals surface area contributed by atoms with E-state index < -0.39 is 6.04 Å². The monoisotopic (exact) mass is 450 g/mol. The average molecular weight is 451 g/mol. The van der Waals surface area contributed by atoms with Crippen molar-refractivity contribution < 1.29 is 14.0 Å². The summed E-state index contributed by atoms with van der Waals surface area (Å²) in [4.78, 5) is 28.5. The van der Waals surface area contributed by atoms with Gasteiger partial charge in [-0.2, -0.15) is 0 Å². The lowest BCUT2D eigenvalue weighted by Gasteiger charge is -2.31. The molecule has 2 rings (SSSR count). The molecule has 4 nitrogen and oxygen atoms in total. The van der Waals surface area contributed by atoms with E-state index in [0.717, 1.165) is 16.9 Å². The molecule has 0 radical (unpaired) electrons. The van der Waals surface area contributed by atoms with E-state index in [4.69, 9.17) is 11.6 Å². The Morgan fingerprint density at radius 3 is 2.27 bits per heavy atom. The van der Waals surface area contributed by atoms with Gasteiger partial charge in [0, 0.05) is 22.5 Å². The third-order valence-corrected chi connectivity index (χ3v) is 6.08. The molecule has 0 aliphatic carbocycles. The van der Waals surface area contributed by atoms with Crippen LogP contribution >= 0.6 is 23.4 Å². The van der Waals surface area contributed by atoms with Gasteiger partial charge in [-0.15, -0.1) is 11.8 Å². The van der Waals surface area contributed by atoms with Crippen molar-refractivity contribution in [1.82, 2.24) is 10.2 Å². The van der Waals surface area contributed by atoms with Gasteiger partial charge in [-0.3, -0.25) is 9.59 Å². The number of carbonyl (C=O) groups is 2. The summed E-state index contributed by atoms with van der Waals surface area (Å²) in [5.41, 5.74) is 0.774. The molecule has 0 aliphatic rings. The van der Waals surface area contributed by atoms with Crippen LogP contribution < -0.4 is 5.32 Å². The van der Waals surface area contributed by atoms with Crippen LogP contribution in [0.1, 0.15) is 39.2 Å². The van der Waals surface area contributed by atoms with Crippen molar-refractivity contribution in [3.05, 3.63) is 64.9 Å². The summed E-state index contributed by atoms with van der Waals surface area (Å²) in [6, 6.07) is 12.7. The highest BCUT2D eigenvalue weighted by molar-refractivity contribution is 8.00. The summed E-state index contributed by atoms with van der Waals surface area (Å²) in [6.45, 7) is 6.06. The maximum absolute atomic E-state index is 13.3. The average Bonchev–Trinajstić information content (AvgIpc) is 2.74. The molecule has 2 atom stereocenters. The van der Waals surface area contributed by atoms with Gasteiger partial charge >= 0.3 is 0 Å². The number of carbonyl (C=O) groups excluding carboxylic acids is 2. The van der Waals surface area contributed by atoms with Crippen molar-refractivity contribution in [3.8, 4) is 0 Å². The zero-order chi connectivity index (χ0) is 22.1. The Balaban J connectivity index is 2.19. The number of halogens is 2. The van der Waals surface area contributed by atoms with Crippen molar-refractivity contribution in [2.45, 2.75) is 57.1 Å². The smallest absolute Gasteiger partial charge is 0.243 e. The lowest BCUT2D eigenvalue weighted by Crippen LogP contribution is -2.51. The van der Waals surface area contributed by atoms with E-state index in [1.165, 1.54) is 23.9 Å². The molecule has 0 saturated carbocycles. The molecule has 30 heavy (non-hydrogen) atoms. The summed E-state index contributed by atoms with van der Waals surface area (Å²) in [6.07, 6.45) is 1.29. The number of benzene rings is 2. The van der Waals surface area contributed by atoms with E-state index in [1.54, 1.807) is 29.2 Å². The van der Waals surface area contributed by atoms with Gasteiger partial charge in [0.05, 0.1) is 5.75 Å². The van der Waals surface area contributed by atoms with Crippen molar-refractivity contribution in [1.29, 1.82) is 0 Å². The number of rotatable bonds is 10. The van der Waals surface area contributed by atoms with Crippen LogP contribution in [-0.4, -0.2) is 34.6 Å². The van der Waals surface area contributed by atoms with E-state index in [1.807, 2.05) is 32.9 Å². The van der Waals surface area contributed by atoms with Crippen LogP contribution in [0.25, 0.3) is 0 Å². The number of hydrogen-bond donors (Lipinski definition) is 1. The lowest BCUT2D eigenvalue weighted by molar-refractivity contribution is -0.139. The molecule has 0 bridgehead atoms. The molecule has 0 aliphatic heterocycles. The number of hydrogen-bond acceptors (Lipinski definition) is 3. The molecule has 0 aromatic heterocycles. The highest BCUT2D eigenvalue weighted by Gasteiger charge is 2.29. The molecule has 0 fully saturated rings.